The Morgan fingerprint density at radius 2 is 2.20 bits per heavy atom. The molecule has 0 spiro atoms. The van der Waals surface area contributed by atoms with Crippen LogP contribution in [0.15, 0.2) is 27.5 Å². The number of hydrogen-bond acceptors (Lipinski definition) is 4. The van der Waals surface area contributed by atoms with Gasteiger partial charge in [0.05, 0.1) is 5.69 Å². The molecule has 0 unspecified atom stereocenters. The number of fused-ring (bicyclic) bond motifs is 1. The third-order valence-electron chi connectivity index (χ3n) is 1.88. The summed E-state index contributed by atoms with van der Waals surface area (Å²) in [6.07, 6.45) is 1.66. The number of sulfonamides is 1. The number of benzene rings is 1. The van der Waals surface area contributed by atoms with Crippen molar-refractivity contribution in [2.24, 2.45) is 4.40 Å². The maximum Gasteiger partial charge on any atom is 0.286 e. The van der Waals surface area contributed by atoms with Crippen molar-refractivity contribution in [3.05, 3.63) is 24.0 Å². The number of thioether (sulfide) groups is 1. The predicted molar refractivity (Wildman–Crippen MR) is 58.2 cm³/mol. The lowest BCUT2D eigenvalue weighted by molar-refractivity contribution is 0.593. The lowest BCUT2D eigenvalue weighted by Crippen LogP contribution is -2.19. The van der Waals surface area contributed by atoms with Crippen LogP contribution in [-0.4, -0.2) is 19.8 Å². The first-order chi connectivity index (χ1) is 7.04. The van der Waals surface area contributed by atoms with Crippen LogP contribution in [0.3, 0.4) is 0 Å². The fourth-order valence-corrected chi connectivity index (χ4v) is 3.03. The molecule has 1 aromatic rings. The van der Waals surface area contributed by atoms with Gasteiger partial charge in [-0.2, -0.15) is 8.42 Å². The Hall–Kier alpha value is -1.08. The van der Waals surface area contributed by atoms with Gasteiger partial charge >= 0.3 is 0 Å². The normalized spacial score (nSPS) is 17.6. The Labute approximate surface area is 90.7 Å². The van der Waals surface area contributed by atoms with Gasteiger partial charge in [-0.3, -0.25) is 0 Å². The van der Waals surface area contributed by atoms with Crippen LogP contribution in [0.25, 0.3) is 0 Å². The molecule has 0 amide bonds. The smallest absolute Gasteiger partial charge is 0.286 e. The summed E-state index contributed by atoms with van der Waals surface area (Å²) in [5, 5.41) is 2.80. The molecule has 7 heteroatoms. The summed E-state index contributed by atoms with van der Waals surface area (Å²) in [6.45, 7) is 0. The van der Waals surface area contributed by atoms with Crippen molar-refractivity contribution >= 4 is 32.6 Å². The monoisotopic (exact) mass is 246 g/mol. The first-order valence-electron chi connectivity index (χ1n) is 3.99. The van der Waals surface area contributed by atoms with E-state index in [9.17, 15) is 12.8 Å². The predicted octanol–water partition coefficient (Wildman–Crippen LogP) is 1.66. The van der Waals surface area contributed by atoms with Gasteiger partial charge in [-0.25, -0.2) is 4.39 Å². The van der Waals surface area contributed by atoms with Crippen LogP contribution in [-0.2, 0) is 10.0 Å². The number of nitrogens with one attached hydrogen (secondary N) is 1. The largest absolute Gasteiger partial charge is 0.331 e. The molecule has 1 aromatic carbocycles. The minimum Gasteiger partial charge on any atom is -0.331 e. The molecule has 0 saturated heterocycles. The Morgan fingerprint density at radius 3 is 2.87 bits per heavy atom. The van der Waals surface area contributed by atoms with E-state index in [4.69, 9.17) is 0 Å². The van der Waals surface area contributed by atoms with Crippen LogP contribution < -0.4 is 5.32 Å². The number of nitrogens with zero attached hydrogens (tertiary/aromatic N) is 1. The van der Waals surface area contributed by atoms with Gasteiger partial charge in [0.2, 0.25) is 0 Å². The highest BCUT2D eigenvalue weighted by Crippen LogP contribution is 2.30. The third-order valence-corrected chi connectivity index (χ3v) is 3.90. The highest BCUT2D eigenvalue weighted by atomic mass is 32.2. The van der Waals surface area contributed by atoms with Crippen LogP contribution in [0.4, 0.5) is 10.1 Å². The molecule has 1 aliphatic rings. The number of halogens is 1. The highest BCUT2D eigenvalue weighted by Gasteiger charge is 2.26. The molecule has 0 saturated carbocycles. The molecular weight excluding hydrogens is 239 g/mol. The van der Waals surface area contributed by atoms with Crippen LogP contribution in [0.1, 0.15) is 0 Å². The van der Waals surface area contributed by atoms with Gasteiger partial charge in [0.25, 0.3) is 10.0 Å². The Morgan fingerprint density at radius 1 is 1.47 bits per heavy atom. The van der Waals surface area contributed by atoms with E-state index in [1.54, 1.807) is 6.26 Å². The van der Waals surface area contributed by atoms with Crippen molar-refractivity contribution in [1.29, 1.82) is 0 Å². The maximum atomic E-state index is 13.3. The number of para-hydroxylation sites is 1. The maximum absolute atomic E-state index is 13.3. The summed E-state index contributed by atoms with van der Waals surface area (Å²) in [6, 6.07) is 3.86. The SMILES string of the molecule is CSC1=NS(=O)(=O)c2cccc(F)c2N1. The van der Waals surface area contributed by atoms with E-state index in [2.05, 4.69) is 9.71 Å². The molecule has 80 valence electrons. The van der Waals surface area contributed by atoms with Crippen molar-refractivity contribution in [1.82, 2.24) is 0 Å². The van der Waals surface area contributed by atoms with Gasteiger partial charge in [-0.15, -0.1) is 4.40 Å². The lowest BCUT2D eigenvalue weighted by Gasteiger charge is -2.16. The summed E-state index contributed by atoms with van der Waals surface area (Å²) >= 11 is 1.11. The van der Waals surface area contributed by atoms with Gasteiger partial charge in [-0.05, 0) is 18.4 Å². The molecule has 15 heavy (non-hydrogen) atoms. The molecule has 1 aliphatic heterocycles. The van der Waals surface area contributed by atoms with Crippen molar-refractivity contribution < 1.29 is 12.8 Å². The number of rotatable bonds is 0. The number of anilines is 1. The van der Waals surface area contributed by atoms with Crippen molar-refractivity contribution in [2.75, 3.05) is 11.6 Å². The Kier molecular flexibility index (Phi) is 2.43. The standard InChI is InChI=1S/C8H7FN2O2S2/c1-14-8-10-7-5(9)3-2-4-6(7)15(12,13)11-8/h2-4H,1H3,(H,10,11). The van der Waals surface area contributed by atoms with Crippen molar-refractivity contribution in [3.63, 3.8) is 0 Å². The molecule has 1 N–H and O–H groups in total. The molecule has 0 bridgehead atoms. The topological polar surface area (TPSA) is 58.5 Å². The van der Waals surface area contributed by atoms with E-state index in [-0.39, 0.29) is 15.8 Å². The molecule has 2 rings (SSSR count). The van der Waals surface area contributed by atoms with Crippen LogP contribution in [0, 0.1) is 5.82 Å². The van der Waals surface area contributed by atoms with Crippen molar-refractivity contribution in [3.8, 4) is 0 Å². The zero-order valence-corrected chi connectivity index (χ0v) is 9.32. The zero-order valence-electron chi connectivity index (χ0n) is 7.69. The molecule has 1 heterocycles. The Bertz CT molecular complexity index is 540. The molecule has 0 aromatic heterocycles. The van der Waals surface area contributed by atoms with Gasteiger partial charge in [0.15, 0.2) is 5.17 Å². The Balaban J connectivity index is 2.69. The van der Waals surface area contributed by atoms with E-state index < -0.39 is 15.8 Å². The molecule has 4 nitrogen and oxygen atoms in total. The first-order valence-corrected chi connectivity index (χ1v) is 6.65. The van der Waals surface area contributed by atoms with Gasteiger partial charge < -0.3 is 5.32 Å². The summed E-state index contributed by atoms with van der Waals surface area (Å²) < 4.78 is 40.0. The van der Waals surface area contributed by atoms with Gasteiger partial charge in [0.1, 0.15) is 10.7 Å². The van der Waals surface area contributed by atoms with Crippen LogP contribution in [0.5, 0.6) is 0 Å². The minimum absolute atomic E-state index is 0.0307. The van der Waals surface area contributed by atoms with E-state index in [1.807, 2.05) is 0 Å². The number of hydrogen-bond donors (Lipinski definition) is 1. The average Bonchev–Trinajstić information content (AvgIpc) is 2.18. The molecule has 0 radical (unpaired) electrons. The van der Waals surface area contributed by atoms with E-state index in [0.717, 1.165) is 11.8 Å². The summed E-state index contributed by atoms with van der Waals surface area (Å²) in [5.41, 5.74) is -0.0307. The molecule has 0 fully saturated rings. The van der Waals surface area contributed by atoms with E-state index in [1.165, 1.54) is 18.2 Å². The zero-order chi connectivity index (χ0) is 11.1. The van der Waals surface area contributed by atoms with Gasteiger partial charge in [-0.1, -0.05) is 17.8 Å². The minimum atomic E-state index is -3.76. The quantitative estimate of drug-likeness (QED) is 0.756. The molecular formula is C8H7FN2O2S2. The molecule has 0 atom stereocenters. The van der Waals surface area contributed by atoms with Gasteiger partial charge in [0, 0.05) is 0 Å². The number of amidine groups is 1. The second-order valence-corrected chi connectivity index (χ2v) is 5.18. The highest BCUT2D eigenvalue weighted by molar-refractivity contribution is 8.14. The summed E-state index contributed by atoms with van der Waals surface area (Å²) in [4.78, 5) is -0.125. The fraction of sp³-hybridized carbons (Fsp3) is 0.125. The third kappa shape index (κ3) is 1.72. The van der Waals surface area contributed by atoms with E-state index >= 15 is 0 Å². The lowest BCUT2D eigenvalue weighted by atomic mass is 10.3. The van der Waals surface area contributed by atoms with Crippen LogP contribution in [0.2, 0.25) is 0 Å². The second-order valence-electron chi connectivity index (χ2n) is 2.81. The summed E-state index contributed by atoms with van der Waals surface area (Å²) in [7, 11) is -3.76. The van der Waals surface area contributed by atoms with E-state index in [0.29, 0.717) is 0 Å². The second kappa shape index (κ2) is 3.49. The van der Waals surface area contributed by atoms with Crippen LogP contribution >= 0.6 is 11.8 Å². The first kappa shape index (κ1) is 10.4. The van der Waals surface area contributed by atoms with Crippen molar-refractivity contribution in [2.45, 2.75) is 4.90 Å². The fourth-order valence-electron chi connectivity index (χ4n) is 1.22. The average molecular weight is 246 g/mol. The summed E-state index contributed by atoms with van der Waals surface area (Å²) in [5.74, 6) is -0.600. The molecule has 0 aliphatic carbocycles.